The Morgan fingerprint density at radius 1 is 1.00 bits per heavy atom. The van der Waals surface area contributed by atoms with Gasteiger partial charge in [0.1, 0.15) is 5.56 Å². The highest BCUT2D eigenvalue weighted by atomic mass is 16.6. The van der Waals surface area contributed by atoms with E-state index in [0.717, 1.165) is 49.6 Å². The topological polar surface area (TPSA) is 104 Å². The number of rotatable bonds is 7. The van der Waals surface area contributed by atoms with Crippen LogP contribution in [0.2, 0.25) is 0 Å². The molecule has 1 aromatic carbocycles. The van der Waals surface area contributed by atoms with Crippen LogP contribution in [0.4, 0.5) is 4.79 Å². The molecule has 0 spiro atoms. The molecule has 10 heteroatoms. The van der Waals surface area contributed by atoms with Crippen LogP contribution in [0.15, 0.2) is 35.1 Å². The number of carbonyl (C=O) groups excluding carboxylic acids is 3. The summed E-state index contributed by atoms with van der Waals surface area (Å²) in [5, 5.41) is 4.06. The van der Waals surface area contributed by atoms with E-state index < -0.39 is 0 Å². The Morgan fingerprint density at radius 2 is 1.65 bits per heavy atom. The first-order valence-electron chi connectivity index (χ1n) is 14.6. The number of piperazine rings is 1. The summed E-state index contributed by atoms with van der Waals surface area (Å²) >= 11 is 0. The molecule has 0 aliphatic carbocycles. The molecule has 10 nitrogen and oxygen atoms in total. The van der Waals surface area contributed by atoms with Gasteiger partial charge in [0.15, 0.2) is 0 Å². The summed E-state index contributed by atoms with van der Waals surface area (Å²) in [6.07, 6.45) is 4.34. The van der Waals surface area contributed by atoms with Crippen LogP contribution in [-0.2, 0) is 9.53 Å². The predicted octanol–water partition coefficient (Wildman–Crippen LogP) is 3.00. The monoisotopic (exact) mass is 551 g/mol. The van der Waals surface area contributed by atoms with E-state index in [0.29, 0.717) is 44.9 Å². The predicted molar refractivity (Wildman–Crippen MR) is 152 cm³/mol. The minimum Gasteiger partial charge on any atom is -0.449 e. The van der Waals surface area contributed by atoms with Gasteiger partial charge in [-0.25, -0.2) is 4.79 Å². The van der Waals surface area contributed by atoms with Gasteiger partial charge in [-0.1, -0.05) is 18.2 Å². The fraction of sp³-hybridized carbons (Fsp3) is 0.600. The number of fused-ring (bicyclic) bond motifs is 3. The smallest absolute Gasteiger partial charge is 0.409 e. The molecule has 3 aliphatic rings. The second-order valence-corrected chi connectivity index (χ2v) is 11.6. The van der Waals surface area contributed by atoms with Gasteiger partial charge in [0, 0.05) is 63.8 Å². The SMILES string of the molecule is CC(=O)N1CCN(C(=O)OCCCN2[C@@H]3CC[C@H]2C[C@H](NC(=O)c2cc4ccccc4n(C(C)C)c2=O)C3)CC1. The summed E-state index contributed by atoms with van der Waals surface area (Å²) < 4.78 is 7.22. The fourth-order valence-corrected chi connectivity index (χ4v) is 6.68. The van der Waals surface area contributed by atoms with E-state index in [1.165, 1.54) is 0 Å². The largest absolute Gasteiger partial charge is 0.449 e. The van der Waals surface area contributed by atoms with Crippen LogP contribution in [0.1, 0.15) is 69.3 Å². The van der Waals surface area contributed by atoms with Crippen molar-refractivity contribution in [3.8, 4) is 0 Å². The fourth-order valence-electron chi connectivity index (χ4n) is 6.68. The van der Waals surface area contributed by atoms with Gasteiger partial charge in [-0.3, -0.25) is 19.3 Å². The number of benzene rings is 1. The van der Waals surface area contributed by atoms with Gasteiger partial charge < -0.3 is 24.4 Å². The van der Waals surface area contributed by atoms with Crippen molar-refractivity contribution >= 4 is 28.8 Å². The molecule has 2 bridgehead atoms. The quantitative estimate of drug-likeness (QED) is 0.531. The van der Waals surface area contributed by atoms with Crippen LogP contribution < -0.4 is 10.9 Å². The van der Waals surface area contributed by atoms with Gasteiger partial charge in [0.05, 0.1) is 12.1 Å². The highest BCUT2D eigenvalue weighted by Gasteiger charge is 2.41. The Hall–Kier alpha value is -3.40. The highest BCUT2D eigenvalue weighted by molar-refractivity contribution is 5.97. The second-order valence-electron chi connectivity index (χ2n) is 11.6. The van der Waals surface area contributed by atoms with E-state index >= 15 is 0 Å². The molecule has 3 fully saturated rings. The summed E-state index contributed by atoms with van der Waals surface area (Å²) in [5.41, 5.74) is 0.792. The van der Waals surface area contributed by atoms with E-state index in [9.17, 15) is 19.2 Å². The van der Waals surface area contributed by atoms with Crippen molar-refractivity contribution < 1.29 is 19.1 Å². The maximum Gasteiger partial charge on any atom is 0.409 e. The van der Waals surface area contributed by atoms with E-state index in [2.05, 4.69) is 10.2 Å². The molecule has 3 aliphatic heterocycles. The summed E-state index contributed by atoms with van der Waals surface area (Å²) in [4.78, 5) is 56.4. The zero-order valence-electron chi connectivity index (χ0n) is 23.8. The summed E-state index contributed by atoms with van der Waals surface area (Å²) in [6, 6.07) is 10.1. The van der Waals surface area contributed by atoms with Crippen molar-refractivity contribution in [2.75, 3.05) is 39.3 Å². The molecule has 1 N–H and O–H groups in total. The number of hydrogen-bond acceptors (Lipinski definition) is 6. The number of hydrogen-bond donors (Lipinski definition) is 1. The zero-order valence-corrected chi connectivity index (χ0v) is 23.8. The van der Waals surface area contributed by atoms with Crippen molar-refractivity contribution in [3.63, 3.8) is 0 Å². The molecular formula is C30H41N5O5. The maximum atomic E-state index is 13.3. The Kier molecular flexibility index (Phi) is 8.44. The molecule has 3 atom stereocenters. The Balaban J connectivity index is 1.11. The number of para-hydroxylation sites is 1. The molecule has 5 rings (SSSR count). The van der Waals surface area contributed by atoms with Crippen molar-refractivity contribution in [1.29, 1.82) is 0 Å². The lowest BCUT2D eigenvalue weighted by Crippen LogP contribution is -2.51. The molecule has 1 aromatic heterocycles. The number of amides is 3. The molecule has 4 heterocycles. The van der Waals surface area contributed by atoms with Crippen LogP contribution in [0.3, 0.4) is 0 Å². The Labute approximate surface area is 235 Å². The van der Waals surface area contributed by atoms with E-state index in [4.69, 9.17) is 4.74 Å². The van der Waals surface area contributed by atoms with Crippen molar-refractivity contribution in [2.24, 2.45) is 0 Å². The number of pyridine rings is 1. The molecular weight excluding hydrogens is 510 g/mol. The standard InChI is InChI=1S/C30H41N5O5/c1-20(2)35-27-8-5-4-7-22(27)17-26(29(35)38)28(37)31-23-18-24-9-10-25(19-23)34(24)11-6-16-40-30(39)33-14-12-32(13-15-33)21(3)36/h4-5,7-8,17,20,23-25H,6,9-16,18-19H2,1-3H3,(H,31,37)/t23-,24-,25+. The molecule has 3 amide bonds. The van der Waals surface area contributed by atoms with E-state index in [1.54, 1.807) is 27.4 Å². The molecule has 40 heavy (non-hydrogen) atoms. The molecule has 2 aromatic rings. The van der Waals surface area contributed by atoms with Gasteiger partial charge in [-0.2, -0.15) is 0 Å². The summed E-state index contributed by atoms with van der Waals surface area (Å²) in [5.74, 6) is -0.256. The second kappa shape index (κ2) is 12.0. The van der Waals surface area contributed by atoms with Crippen LogP contribution in [0.25, 0.3) is 10.9 Å². The molecule has 0 saturated carbocycles. The first-order valence-corrected chi connectivity index (χ1v) is 14.6. The lowest BCUT2D eigenvalue weighted by atomic mass is 9.96. The molecule has 3 saturated heterocycles. The third-order valence-electron chi connectivity index (χ3n) is 8.70. The van der Waals surface area contributed by atoms with Gasteiger partial charge in [0.2, 0.25) is 5.91 Å². The third kappa shape index (κ3) is 5.87. The summed E-state index contributed by atoms with van der Waals surface area (Å²) in [7, 11) is 0. The minimum atomic E-state index is -0.308. The number of nitrogens with one attached hydrogen (secondary N) is 1. The van der Waals surface area contributed by atoms with Gasteiger partial charge in [0.25, 0.3) is 11.5 Å². The van der Waals surface area contributed by atoms with E-state index in [-0.39, 0.29) is 41.1 Å². The zero-order chi connectivity index (χ0) is 28.4. The maximum absolute atomic E-state index is 13.3. The number of piperidine rings is 1. The Bertz CT molecular complexity index is 1300. The van der Waals surface area contributed by atoms with Crippen molar-refractivity contribution in [3.05, 3.63) is 46.2 Å². The number of aromatic nitrogens is 1. The van der Waals surface area contributed by atoms with Crippen LogP contribution in [-0.4, -0.2) is 94.6 Å². The first-order chi connectivity index (χ1) is 19.2. The van der Waals surface area contributed by atoms with Crippen molar-refractivity contribution in [1.82, 2.24) is 24.6 Å². The average Bonchev–Trinajstić information content (AvgIpc) is 3.17. The molecule has 0 unspecified atom stereocenters. The number of ether oxygens (including phenoxy) is 1. The van der Waals surface area contributed by atoms with Gasteiger partial charge >= 0.3 is 6.09 Å². The lowest BCUT2D eigenvalue weighted by Gasteiger charge is -2.39. The minimum absolute atomic E-state index is 0.0334. The van der Waals surface area contributed by atoms with Gasteiger partial charge in [-0.05, 0) is 63.5 Å². The average molecular weight is 552 g/mol. The molecule has 216 valence electrons. The normalized spacial score (nSPS) is 23.1. The number of carbonyl (C=O) groups is 3. The van der Waals surface area contributed by atoms with Crippen LogP contribution in [0, 0.1) is 0 Å². The van der Waals surface area contributed by atoms with Crippen molar-refractivity contribution in [2.45, 2.75) is 77.0 Å². The Morgan fingerprint density at radius 3 is 2.30 bits per heavy atom. The van der Waals surface area contributed by atoms with Gasteiger partial charge in [-0.15, -0.1) is 0 Å². The van der Waals surface area contributed by atoms with Crippen LogP contribution >= 0.6 is 0 Å². The number of nitrogens with zero attached hydrogens (tertiary/aromatic N) is 4. The highest BCUT2D eigenvalue weighted by Crippen LogP contribution is 2.36. The lowest BCUT2D eigenvalue weighted by molar-refractivity contribution is -0.130. The van der Waals surface area contributed by atoms with Crippen LogP contribution in [0.5, 0.6) is 0 Å². The molecule has 0 radical (unpaired) electrons. The van der Waals surface area contributed by atoms with E-state index in [1.807, 2.05) is 38.1 Å². The third-order valence-corrected chi connectivity index (χ3v) is 8.70. The summed E-state index contributed by atoms with van der Waals surface area (Å²) in [6.45, 7) is 8.80. The first kappa shape index (κ1) is 28.1.